The van der Waals surface area contributed by atoms with Gasteiger partial charge in [-0.05, 0) is 65.0 Å². The number of ether oxygens (including phenoxy) is 1. The number of hydrogen-bond acceptors (Lipinski definition) is 3. The minimum absolute atomic E-state index is 0.0514. The van der Waals surface area contributed by atoms with Gasteiger partial charge < -0.3 is 10.1 Å². The van der Waals surface area contributed by atoms with Crippen molar-refractivity contribution in [1.82, 2.24) is 5.32 Å². The van der Waals surface area contributed by atoms with E-state index in [1.54, 1.807) is 0 Å². The number of esters is 1. The summed E-state index contributed by atoms with van der Waals surface area (Å²) in [6, 6.07) is 7.57. The Balaban J connectivity index is 1.94. The first-order valence-electron chi connectivity index (χ1n) is 8.14. The quantitative estimate of drug-likeness (QED) is 0.605. The van der Waals surface area contributed by atoms with Crippen molar-refractivity contribution in [1.29, 1.82) is 0 Å². The van der Waals surface area contributed by atoms with Crippen molar-refractivity contribution in [2.45, 2.75) is 57.0 Å². The summed E-state index contributed by atoms with van der Waals surface area (Å²) in [5, 5.41) is 3.60. The fraction of sp³-hybridized carbons (Fsp3) is 0.611. The van der Waals surface area contributed by atoms with Crippen LogP contribution in [0.4, 0.5) is 0 Å². The van der Waals surface area contributed by atoms with Gasteiger partial charge in [0.15, 0.2) is 0 Å². The van der Waals surface area contributed by atoms with Crippen molar-refractivity contribution in [3.05, 3.63) is 32.9 Å². The maximum Gasteiger partial charge on any atom is 0.310 e. The number of nitrogens with one attached hydrogen (secondary N) is 1. The number of piperidine rings is 1. The Hall–Kier alpha value is -0.620. The standard InChI is InChI=1S/C18H24INO2/c1-10(2)13-6-4-11(8-15(13)19)14-9-12-5-7-16(20-12)17(14)18(21)22-3/h4,6,8,10,12,14,16-17,20H,5,7,9H2,1-3H3/t12?,14-,16?,17+/m1/s1. The van der Waals surface area contributed by atoms with Gasteiger partial charge in [0, 0.05) is 21.6 Å². The lowest BCUT2D eigenvalue weighted by molar-refractivity contribution is -0.148. The monoisotopic (exact) mass is 413 g/mol. The van der Waals surface area contributed by atoms with Crippen molar-refractivity contribution in [2.75, 3.05) is 7.11 Å². The Morgan fingerprint density at radius 1 is 1.36 bits per heavy atom. The number of rotatable bonds is 3. The van der Waals surface area contributed by atoms with Crippen LogP contribution >= 0.6 is 22.6 Å². The summed E-state index contributed by atoms with van der Waals surface area (Å²) in [4.78, 5) is 12.3. The SMILES string of the molecule is COC(=O)[C@@H]1C2CCC(C[C@@H]1c1ccc(C(C)C)c(I)c1)N2. The van der Waals surface area contributed by atoms with E-state index >= 15 is 0 Å². The van der Waals surface area contributed by atoms with E-state index in [1.807, 2.05) is 0 Å². The number of halogens is 1. The molecule has 2 aliphatic heterocycles. The lowest BCUT2D eigenvalue weighted by Gasteiger charge is -2.36. The summed E-state index contributed by atoms with van der Waals surface area (Å²) in [6.07, 6.45) is 3.30. The molecule has 0 aliphatic carbocycles. The number of hydrogen-bond donors (Lipinski definition) is 1. The highest BCUT2D eigenvalue weighted by atomic mass is 127. The average Bonchev–Trinajstić information content (AvgIpc) is 2.87. The Morgan fingerprint density at radius 3 is 2.77 bits per heavy atom. The Morgan fingerprint density at radius 2 is 2.14 bits per heavy atom. The van der Waals surface area contributed by atoms with Gasteiger partial charge in [-0.1, -0.05) is 26.0 Å². The molecule has 2 unspecified atom stereocenters. The van der Waals surface area contributed by atoms with Gasteiger partial charge in [0.1, 0.15) is 0 Å². The molecule has 0 amide bonds. The molecule has 2 heterocycles. The summed E-state index contributed by atoms with van der Waals surface area (Å²) in [6.45, 7) is 4.44. The van der Waals surface area contributed by atoms with Gasteiger partial charge in [0.05, 0.1) is 13.0 Å². The first kappa shape index (κ1) is 16.2. The third-order valence-electron chi connectivity index (χ3n) is 5.23. The molecular weight excluding hydrogens is 389 g/mol. The van der Waals surface area contributed by atoms with E-state index in [2.05, 4.69) is 60.0 Å². The predicted molar refractivity (Wildman–Crippen MR) is 96.1 cm³/mol. The normalized spacial score (nSPS) is 30.6. The van der Waals surface area contributed by atoms with Crippen molar-refractivity contribution < 1.29 is 9.53 Å². The van der Waals surface area contributed by atoms with Crippen molar-refractivity contribution >= 4 is 28.6 Å². The molecule has 120 valence electrons. The smallest absolute Gasteiger partial charge is 0.310 e. The molecule has 0 saturated carbocycles. The third kappa shape index (κ3) is 2.92. The highest BCUT2D eigenvalue weighted by molar-refractivity contribution is 14.1. The summed E-state index contributed by atoms with van der Waals surface area (Å²) < 4.78 is 6.41. The molecule has 22 heavy (non-hydrogen) atoms. The molecule has 0 aromatic heterocycles. The number of carbonyl (C=O) groups is 1. The van der Waals surface area contributed by atoms with Gasteiger partial charge in [-0.3, -0.25) is 4.79 Å². The van der Waals surface area contributed by atoms with Gasteiger partial charge in [0.2, 0.25) is 0 Å². The molecular formula is C18H24INO2. The minimum Gasteiger partial charge on any atom is -0.469 e. The zero-order valence-electron chi connectivity index (χ0n) is 13.4. The van der Waals surface area contributed by atoms with E-state index in [4.69, 9.17) is 4.74 Å². The topological polar surface area (TPSA) is 38.3 Å². The fourth-order valence-electron chi connectivity index (χ4n) is 4.10. The van der Waals surface area contributed by atoms with Crippen LogP contribution in [0.25, 0.3) is 0 Å². The van der Waals surface area contributed by atoms with E-state index < -0.39 is 0 Å². The third-order valence-corrected chi connectivity index (χ3v) is 6.16. The summed E-state index contributed by atoms with van der Waals surface area (Å²) in [7, 11) is 1.51. The van der Waals surface area contributed by atoms with E-state index in [1.165, 1.54) is 28.2 Å². The highest BCUT2D eigenvalue weighted by Gasteiger charge is 2.46. The summed E-state index contributed by atoms with van der Waals surface area (Å²) >= 11 is 2.43. The summed E-state index contributed by atoms with van der Waals surface area (Å²) in [5.74, 6) is 0.692. The number of fused-ring (bicyclic) bond motifs is 2. The second kappa shape index (κ2) is 6.48. The van der Waals surface area contributed by atoms with Crippen LogP contribution in [0.3, 0.4) is 0 Å². The molecule has 4 atom stereocenters. The Labute approximate surface area is 146 Å². The van der Waals surface area contributed by atoms with Gasteiger partial charge in [0.25, 0.3) is 0 Å². The molecule has 0 spiro atoms. The largest absolute Gasteiger partial charge is 0.469 e. The molecule has 1 aromatic carbocycles. The number of methoxy groups -OCH3 is 1. The van der Waals surface area contributed by atoms with Crippen molar-refractivity contribution in [3.8, 4) is 0 Å². The zero-order valence-corrected chi connectivity index (χ0v) is 15.6. The van der Waals surface area contributed by atoms with E-state index in [0.717, 1.165) is 12.8 Å². The van der Waals surface area contributed by atoms with Gasteiger partial charge >= 0.3 is 5.97 Å². The Bertz CT molecular complexity index is 572. The van der Waals surface area contributed by atoms with Gasteiger partial charge in [-0.2, -0.15) is 0 Å². The number of benzene rings is 1. The van der Waals surface area contributed by atoms with Crippen LogP contribution in [0.15, 0.2) is 18.2 Å². The molecule has 2 fully saturated rings. The first-order valence-corrected chi connectivity index (χ1v) is 9.22. The van der Waals surface area contributed by atoms with Gasteiger partial charge in [-0.15, -0.1) is 0 Å². The van der Waals surface area contributed by atoms with Crippen LogP contribution in [0.1, 0.15) is 56.1 Å². The van der Waals surface area contributed by atoms with Crippen LogP contribution in [0.5, 0.6) is 0 Å². The number of carbonyl (C=O) groups excluding carboxylic acids is 1. The molecule has 2 saturated heterocycles. The van der Waals surface area contributed by atoms with E-state index in [-0.39, 0.29) is 23.8 Å². The van der Waals surface area contributed by atoms with Crippen molar-refractivity contribution in [3.63, 3.8) is 0 Å². The van der Waals surface area contributed by atoms with Crippen LogP contribution in [0.2, 0.25) is 0 Å². The second-order valence-corrected chi connectivity index (χ2v) is 8.04. The van der Waals surface area contributed by atoms with Crippen LogP contribution in [0, 0.1) is 9.49 Å². The minimum atomic E-state index is -0.0641. The lowest BCUT2D eigenvalue weighted by Crippen LogP contribution is -2.48. The van der Waals surface area contributed by atoms with E-state index in [0.29, 0.717) is 12.0 Å². The second-order valence-electron chi connectivity index (χ2n) is 6.87. The fourth-order valence-corrected chi connectivity index (χ4v) is 5.27. The van der Waals surface area contributed by atoms with Crippen LogP contribution in [-0.4, -0.2) is 25.2 Å². The first-order chi connectivity index (χ1) is 10.5. The maximum absolute atomic E-state index is 12.3. The molecule has 1 aromatic rings. The molecule has 2 aliphatic rings. The molecule has 3 nitrogen and oxygen atoms in total. The average molecular weight is 413 g/mol. The molecule has 2 bridgehead atoms. The Kier molecular flexibility index (Phi) is 4.78. The summed E-state index contributed by atoms with van der Waals surface area (Å²) in [5.41, 5.74) is 2.68. The van der Waals surface area contributed by atoms with Crippen LogP contribution in [-0.2, 0) is 9.53 Å². The molecule has 1 N–H and O–H groups in total. The zero-order chi connectivity index (χ0) is 15.9. The highest BCUT2D eigenvalue weighted by Crippen LogP contribution is 2.43. The molecule has 3 rings (SSSR count). The van der Waals surface area contributed by atoms with Crippen molar-refractivity contribution in [2.24, 2.45) is 5.92 Å². The van der Waals surface area contributed by atoms with E-state index in [9.17, 15) is 4.79 Å². The predicted octanol–water partition coefficient (Wildman–Crippen LogP) is 3.81. The lowest BCUT2D eigenvalue weighted by atomic mass is 9.76. The molecule has 4 heteroatoms. The van der Waals surface area contributed by atoms with Crippen LogP contribution < -0.4 is 5.32 Å². The van der Waals surface area contributed by atoms with Gasteiger partial charge in [-0.25, -0.2) is 0 Å². The maximum atomic E-state index is 12.3. The molecule has 0 radical (unpaired) electrons.